The molecule has 4 nitrogen and oxygen atoms in total. The minimum absolute atomic E-state index is 0.233. The van der Waals surface area contributed by atoms with E-state index in [0.717, 1.165) is 0 Å². The Labute approximate surface area is 74.2 Å². The van der Waals surface area contributed by atoms with Crippen LogP contribution in [0.4, 0.5) is 8.78 Å². The molecule has 2 atom stereocenters. The Hall–Kier alpha value is -0.750. The number of nitrogens with one attached hydrogen (secondary N) is 1. The van der Waals surface area contributed by atoms with Crippen LogP contribution in [0.15, 0.2) is 0 Å². The van der Waals surface area contributed by atoms with Crippen LogP contribution in [0.2, 0.25) is 0 Å². The van der Waals surface area contributed by atoms with Crippen molar-refractivity contribution >= 4 is 5.97 Å². The number of methoxy groups -OCH3 is 1. The highest BCUT2D eigenvalue weighted by Gasteiger charge is 2.32. The number of ether oxygens (including phenoxy) is 2. The number of rotatable bonds is 3. The number of carbonyl (C=O) groups is 1. The van der Waals surface area contributed by atoms with Crippen LogP contribution in [0.3, 0.4) is 0 Å². The molecule has 0 aromatic carbocycles. The predicted molar refractivity (Wildman–Crippen MR) is 39.3 cm³/mol. The van der Waals surface area contributed by atoms with Gasteiger partial charge in [0.1, 0.15) is 6.04 Å². The largest absolute Gasteiger partial charge is 0.468 e. The first-order valence-electron chi connectivity index (χ1n) is 3.88. The molecule has 0 aliphatic carbocycles. The third-order valence-corrected chi connectivity index (χ3v) is 1.87. The lowest BCUT2D eigenvalue weighted by molar-refractivity contribution is -0.159. The van der Waals surface area contributed by atoms with Gasteiger partial charge in [-0.05, 0) is 0 Å². The molecular formula is C7H11F2NO3. The van der Waals surface area contributed by atoms with Crippen LogP contribution in [0, 0.1) is 0 Å². The standard InChI is InChI=1S/C7H11F2NO3/c1-12-6(11)5-2-4(3-10-5)13-7(8)9/h4-5,7,10H,2-3H2,1H3/t4-,5+/m1/s1. The molecular weight excluding hydrogens is 184 g/mol. The summed E-state index contributed by atoms with van der Waals surface area (Å²) in [6.07, 6.45) is -0.374. The second kappa shape index (κ2) is 4.48. The Bertz CT molecular complexity index is 189. The van der Waals surface area contributed by atoms with Crippen LogP contribution in [0.25, 0.3) is 0 Å². The summed E-state index contributed by atoms with van der Waals surface area (Å²) in [4.78, 5) is 10.9. The Morgan fingerprint density at radius 3 is 2.85 bits per heavy atom. The van der Waals surface area contributed by atoms with Crippen LogP contribution < -0.4 is 5.32 Å². The molecule has 0 aromatic rings. The van der Waals surface area contributed by atoms with Gasteiger partial charge in [-0.3, -0.25) is 4.79 Å². The highest BCUT2D eigenvalue weighted by atomic mass is 19.3. The molecule has 1 saturated heterocycles. The number of alkyl halides is 2. The predicted octanol–water partition coefficient (Wildman–Crippen LogP) is 0.129. The molecule has 0 aromatic heterocycles. The van der Waals surface area contributed by atoms with E-state index in [1.807, 2.05) is 0 Å². The van der Waals surface area contributed by atoms with E-state index >= 15 is 0 Å². The van der Waals surface area contributed by atoms with Crippen molar-refractivity contribution < 1.29 is 23.0 Å². The van der Waals surface area contributed by atoms with Crippen molar-refractivity contribution in [3.63, 3.8) is 0 Å². The highest BCUT2D eigenvalue weighted by Crippen LogP contribution is 2.14. The van der Waals surface area contributed by atoms with Gasteiger partial charge in [0.15, 0.2) is 0 Å². The molecule has 0 bridgehead atoms. The number of halogens is 2. The van der Waals surface area contributed by atoms with Gasteiger partial charge in [-0.1, -0.05) is 0 Å². The lowest BCUT2D eigenvalue weighted by Crippen LogP contribution is -2.31. The Balaban J connectivity index is 2.32. The number of hydrogen-bond donors (Lipinski definition) is 1. The molecule has 1 aliphatic rings. The molecule has 0 saturated carbocycles. The summed E-state index contributed by atoms with van der Waals surface area (Å²) < 4.78 is 32.1. The maximum atomic E-state index is 11.7. The topological polar surface area (TPSA) is 47.6 Å². The van der Waals surface area contributed by atoms with E-state index in [2.05, 4.69) is 14.8 Å². The van der Waals surface area contributed by atoms with E-state index in [1.165, 1.54) is 7.11 Å². The fraction of sp³-hybridized carbons (Fsp3) is 0.857. The smallest absolute Gasteiger partial charge is 0.345 e. The van der Waals surface area contributed by atoms with Gasteiger partial charge < -0.3 is 14.8 Å². The Kier molecular flexibility index (Phi) is 3.56. The van der Waals surface area contributed by atoms with Crippen LogP contribution in [0.1, 0.15) is 6.42 Å². The number of esters is 1. The summed E-state index contributed by atoms with van der Waals surface area (Å²) in [6.45, 7) is -2.53. The summed E-state index contributed by atoms with van der Waals surface area (Å²) in [5.74, 6) is -0.444. The Morgan fingerprint density at radius 1 is 1.62 bits per heavy atom. The quantitative estimate of drug-likeness (QED) is 0.650. The third-order valence-electron chi connectivity index (χ3n) is 1.87. The van der Waals surface area contributed by atoms with E-state index < -0.39 is 24.7 Å². The van der Waals surface area contributed by atoms with Gasteiger partial charge in [0, 0.05) is 13.0 Å². The monoisotopic (exact) mass is 195 g/mol. The summed E-state index contributed by atoms with van der Waals surface area (Å²) in [7, 11) is 1.26. The molecule has 1 rings (SSSR count). The first-order chi connectivity index (χ1) is 6.13. The van der Waals surface area contributed by atoms with Crippen LogP contribution in [-0.4, -0.2) is 38.4 Å². The lowest BCUT2D eigenvalue weighted by Gasteiger charge is -2.09. The highest BCUT2D eigenvalue weighted by molar-refractivity contribution is 5.76. The molecule has 0 amide bonds. The summed E-state index contributed by atoms with van der Waals surface area (Å²) >= 11 is 0. The van der Waals surface area contributed by atoms with Gasteiger partial charge >= 0.3 is 12.6 Å². The van der Waals surface area contributed by atoms with Gasteiger partial charge in [-0.25, -0.2) is 0 Å². The van der Waals surface area contributed by atoms with Crippen LogP contribution >= 0.6 is 0 Å². The zero-order valence-electron chi connectivity index (χ0n) is 7.13. The SMILES string of the molecule is COC(=O)[C@@H]1C[C@@H](OC(F)F)CN1. The summed E-state index contributed by atoms with van der Waals surface area (Å²) in [5.41, 5.74) is 0. The average molecular weight is 195 g/mol. The van der Waals surface area contributed by atoms with Crippen LogP contribution in [-0.2, 0) is 14.3 Å². The average Bonchev–Trinajstić information content (AvgIpc) is 2.50. The Morgan fingerprint density at radius 2 is 2.31 bits per heavy atom. The molecule has 6 heteroatoms. The van der Waals surface area contributed by atoms with Crippen LogP contribution in [0.5, 0.6) is 0 Å². The van der Waals surface area contributed by atoms with E-state index in [1.54, 1.807) is 0 Å². The number of carbonyl (C=O) groups excluding carboxylic acids is 1. The van der Waals surface area contributed by atoms with Gasteiger partial charge in [0.25, 0.3) is 0 Å². The molecule has 1 fully saturated rings. The van der Waals surface area contributed by atoms with E-state index in [4.69, 9.17) is 0 Å². The van der Waals surface area contributed by atoms with Gasteiger partial charge in [-0.15, -0.1) is 0 Å². The van der Waals surface area contributed by atoms with Crippen molar-refractivity contribution in [1.29, 1.82) is 0 Å². The van der Waals surface area contributed by atoms with Crippen molar-refractivity contribution in [2.75, 3.05) is 13.7 Å². The first kappa shape index (κ1) is 10.3. The van der Waals surface area contributed by atoms with Gasteiger partial charge in [0.05, 0.1) is 13.2 Å². The lowest BCUT2D eigenvalue weighted by atomic mass is 10.2. The first-order valence-corrected chi connectivity index (χ1v) is 3.88. The molecule has 0 spiro atoms. The fourth-order valence-corrected chi connectivity index (χ4v) is 1.27. The third kappa shape index (κ3) is 2.89. The second-order valence-corrected chi connectivity index (χ2v) is 2.74. The summed E-state index contributed by atoms with van der Waals surface area (Å²) in [5, 5.41) is 2.73. The van der Waals surface area contributed by atoms with Crippen molar-refractivity contribution in [1.82, 2.24) is 5.32 Å². The molecule has 76 valence electrons. The fourth-order valence-electron chi connectivity index (χ4n) is 1.27. The zero-order chi connectivity index (χ0) is 9.84. The molecule has 1 N–H and O–H groups in total. The van der Waals surface area contributed by atoms with E-state index in [9.17, 15) is 13.6 Å². The van der Waals surface area contributed by atoms with E-state index in [-0.39, 0.29) is 13.0 Å². The van der Waals surface area contributed by atoms with E-state index in [0.29, 0.717) is 0 Å². The minimum Gasteiger partial charge on any atom is -0.468 e. The van der Waals surface area contributed by atoms with Gasteiger partial charge in [0.2, 0.25) is 0 Å². The zero-order valence-corrected chi connectivity index (χ0v) is 7.13. The van der Waals surface area contributed by atoms with Crippen molar-refractivity contribution in [3.05, 3.63) is 0 Å². The minimum atomic E-state index is -2.79. The molecule has 0 unspecified atom stereocenters. The maximum absolute atomic E-state index is 11.7. The van der Waals surface area contributed by atoms with Crippen molar-refractivity contribution in [2.45, 2.75) is 25.2 Å². The second-order valence-electron chi connectivity index (χ2n) is 2.74. The molecule has 1 heterocycles. The van der Waals surface area contributed by atoms with Crippen molar-refractivity contribution in [2.24, 2.45) is 0 Å². The molecule has 13 heavy (non-hydrogen) atoms. The van der Waals surface area contributed by atoms with Crippen molar-refractivity contribution in [3.8, 4) is 0 Å². The normalized spacial score (nSPS) is 28.0. The van der Waals surface area contributed by atoms with Gasteiger partial charge in [-0.2, -0.15) is 8.78 Å². The molecule has 0 radical (unpaired) electrons. The molecule has 1 aliphatic heterocycles. The maximum Gasteiger partial charge on any atom is 0.345 e. The summed E-state index contributed by atoms with van der Waals surface area (Å²) in [6, 6.07) is -0.520. The number of hydrogen-bond acceptors (Lipinski definition) is 4.